The van der Waals surface area contributed by atoms with E-state index in [1.54, 1.807) is 0 Å². The monoisotopic (exact) mass is 546 g/mol. The molecule has 2 aliphatic heterocycles. The summed E-state index contributed by atoms with van der Waals surface area (Å²) in [6, 6.07) is 19.2. The second-order valence-corrected chi connectivity index (χ2v) is 11.7. The molecule has 1 aliphatic carbocycles. The first kappa shape index (κ1) is 25.4. The fourth-order valence-corrected chi connectivity index (χ4v) is 6.55. The first-order valence-electron chi connectivity index (χ1n) is 13.8. The minimum atomic E-state index is 0.0704. The summed E-state index contributed by atoms with van der Waals surface area (Å²) in [7, 11) is 0. The van der Waals surface area contributed by atoms with Crippen molar-refractivity contribution in [2.45, 2.75) is 56.9 Å². The minimum Gasteiger partial charge on any atom is -0.361 e. The average Bonchev–Trinajstić information content (AvgIpc) is 3.66. The van der Waals surface area contributed by atoms with Crippen molar-refractivity contribution in [2.24, 2.45) is 0 Å². The molecule has 0 unspecified atom stereocenters. The van der Waals surface area contributed by atoms with Crippen LogP contribution in [-0.4, -0.2) is 41.3 Å². The molecule has 2 fully saturated rings. The van der Waals surface area contributed by atoms with Gasteiger partial charge in [0, 0.05) is 49.2 Å². The van der Waals surface area contributed by atoms with Crippen LogP contribution < -0.4 is 20.4 Å². The first-order valence-corrected chi connectivity index (χ1v) is 14.6. The van der Waals surface area contributed by atoms with Crippen LogP contribution in [0.1, 0.15) is 55.2 Å². The molecule has 1 saturated carbocycles. The number of hydrogen-bond donors (Lipinski definition) is 2. The topological polar surface area (TPSA) is 56.3 Å². The van der Waals surface area contributed by atoms with Crippen molar-refractivity contribution < 1.29 is 0 Å². The summed E-state index contributed by atoms with van der Waals surface area (Å²) in [6.07, 6.45) is 8.17. The second kappa shape index (κ2) is 11.1. The predicted octanol–water partition coefficient (Wildman–Crippen LogP) is 6.09. The summed E-state index contributed by atoms with van der Waals surface area (Å²) in [5, 5.41) is 8.18. The van der Waals surface area contributed by atoms with Crippen LogP contribution in [-0.2, 0) is 18.4 Å². The number of fused-ring (bicyclic) bond motifs is 1. The van der Waals surface area contributed by atoms with Crippen molar-refractivity contribution in [1.29, 1.82) is 0 Å². The smallest absolute Gasteiger partial charge is 0.232 e. The zero-order valence-corrected chi connectivity index (χ0v) is 23.3. The predicted molar refractivity (Wildman–Crippen MR) is 160 cm³/mol. The maximum absolute atomic E-state index is 6.17. The van der Waals surface area contributed by atoms with E-state index in [0.29, 0.717) is 11.1 Å². The third-order valence-corrected chi connectivity index (χ3v) is 8.91. The van der Waals surface area contributed by atoms with Crippen LogP contribution in [0.2, 0.25) is 5.02 Å². The number of nitrogens with zero attached hydrogens (tertiary/aromatic N) is 4. The molecule has 0 atom stereocenters. The minimum absolute atomic E-state index is 0.0704. The Morgan fingerprint density at radius 3 is 2.29 bits per heavy atom. The number of benzene rings is 2. The van der Waals surface area contributed by atoms with Gasteiger partial charge in [-0.3, -0.25) is 0 Å². The molecular weight excluding hydrogens is 512 g/mol. The normalized spacial score (nSPS) is 18.3. The van der Waals surface area contributed by atoms with E-state index in [1.165, 1.54) is 42.4 Å². The highest BCUT2D eigenvalue weighted by molar-refractivity contribution is 7.80. The van der Waals surface area contributed by atoms with Crippen LogP contribution in [0.25, 0.3) is 0 Å². The maximum Gasteiger partial charge on any atom is 0.232 e. The lowest BCUT2D eigenvalue weighted by Crippen LogP contribution is -2.41. The van der Waals surface area contributed by atoms with Gasteiger partial charge in [-0.1, -0.05) is 60.8 Å². The van der Waals surface area contributed by atoms with Gasteiger partial charge in [0.2, 0.25) is 5.95 Å². The van der Waals surface area contributed by atoms with Gasteiger partial charge >= 0.3 is 0 Å². The van der Waals surface area contributed by atoms with E-state index in [-0.39, 0.29) is 5.41 Å². The molecule has 3 heterocycles. The molecule has 2 N–H and O–H groups in total. The van der Waals surface area contributed by atoms with E-state index in [1.807, 2.05) is 12.1 Å². The standard InChI is InChI=1S/C30H35ClN6S/c31-25-11-9-24(10-12-25)30(14-3-4-15-30)21-32-29(38)35-28-33-26(36-16-5-6-17-36)19-27(34-28)37-18-13-22-7-1-2-8-23(22)20-37/h1-2,7-12,19H,3-6,13-18,20-21H2,(H2,32,33,34,35,38). The number of nitrogens with one attached hydrogen (secondary N) is 2. The number of anilines is 3. The van der Waals surface area contributed by atoms with Crippen LogP contribution in [0.4, 0.5) is 17.6 Å². The third kappa shape index (κ3) is 5.45. The number of aromatic nitrogens is 2. The molecule has 198 valence electrons. The summed E-state index contributed by atoms with van der Waals surface area (Å²) in [5.41, 5.74) is 4.20. The van der Waals surface area contributed by atoms with E-state index in [0.717, 1.165) is 68.6 Å². The summed E-state index contributed by atoms with van der Waals surface area (Å²) in [5.74, 6) is 2.49. The molecule has 6 rings (SSSR count). The van der Waals surface area contributed by atoms with E-state index < -0.39 is 0 Å². The van der Waals surface area contributed by atoms with Crippen LogP contribution in [0.3, 0.4) is 0 Å². The molecule has 1 saturated heterocycles. The molecule has 0 bridgehead atoms. The Kier molecular flexibility index (Phi) is 7.39. The van der Waals surface area contributed by atoms with Crippen molar-refractivity contribution in [3.63, 3.8) is 0 Å². The van der Waals surface area contributed by atoms with Gasteiger partial charge in [0.1, 0.15) is 11.6 Å². The molecule has 0 amide bonds. The molecule has 0 spiro atoms. The van der Waals surface area contributed by atoms with Crippen molar-refractivity contribution in [3.8, 4) is 0 Å². The highest BCUT2D eigenvalue weighted by Gasteiger charge is 2.35. The number of hydrogen-bond acceptors (Lipinski definition) is 5. The molecule has 1 aromatic heterocycles. The van der Waals surface area contributed by atoms with Gasteiger partial charge in [0.25, 0.3) is 0 Å². The average molecular weight is 547 g/mol. The van der Waals surface area contributed by atoms with Gasteiger partial charge in [-0.15, -0.1) is 0 Å². The Bertz CT molecular complexity index is 1280. The maximum atomic E-state index is 6.17. The zero-order chi connectivity index (χ0) is 26.0. The Balaban J connectivity index is 1.19. The van der Waals surface area contributed by atoms with E-state index >= 15 is 0 Å². The number of halogens is 1. The summed E-state index contributed by atoms with van der Waals surface area (Å²) < 4.78 is 0. The number of rotatable bonds is 6. The van der Waals surface area contributed by atoms with Gasteiger partial charge in [-0.05, 0) is 73.1 Å². The summed E-state index contributed by atoms with van der Waals surface area (Å²) in [6.45, 7) is 4.65. The van der Waals surface area contributed by atoms with Crippen LogP contribution in [0.15, 0.2) is 54.6 Å². The molecule has 8 heteroatoms. The van der Waals surface area contributed by atoms with Crippen molar-refractivity contribution in [1.82, 2.24) is 15.3 Å². The molecule has 6 nitrogen and oxygen atoms in total. The Labute approximate surface area is 235 Å². The molecule has 0 radical (unpaired) electrons. The van der Waals surface area contributed by atoms with E-state index in [9.17, 15) is 0 Å². The highest BCUT2D eigenvalue weighted by atomic mass is 35.5. The molecule has 38 heavy (non-hydrogen) atoms. The number of thiocarbonyl (C=S) groups is 1. The highest BCUT2D eigenvalue weighted by Crippen LogP contribution is 2.41. The lowest BCUT2D eigenvalue weighted by Gasteiger charge is -2.31. The first-order chi connectivity index (χ1) is 18.6. The molecular formula is C30H35ClN6S. The summed E-state index contributed by atoms with van der Waals surface area (Å²) in [4.78, 5) is 14.6. The fourth-order valence-electron chi connectivity index (χ4n) is 6.26. The van der Waals surface area contributed by atoms with Gasteiger partial charge in [-0.2, -0.15) is 9.97 Å². The van der Waals surface area contributed by atoms with E-state index in [2.05, 4.69) is 62.9 Å². The van der Waals surface area contributed by atoms with Crippen molar-refractivity contribution >= 4 is 46.5 Å². The third-order valence-electron chi connectivity index (χ3n) is 8.41. The van der Waals surface area contributed by atoms with Crippen LogP contribution in [0, 0.1) is 0 Å². The lowest BCUT2D eigenvalue weighted by molar-refractivity contribution is 0.435. The quantitative estimate of drug-likeness (QED) is 0.363. The Morgan fingerprint density at radius 2 is 1.55 bits per heavy atom. The molecule has 3 aromatic rings. The SMILES string of the molecule is S=C(NCC1(c2ccc(Cl)cc2)CCCC1)Nc1nc(N2CCCC2)cc(N2CCc3ccccc3C2)n1. The summed E-state index contributed by atoms with van der Waals surface area (Å²) >= 11 is 11.9. The Morgan fingerprint density at radius 1 is 0.868 bits per heavy atom. The van der Waals surface area contributed by atoms with Gasteiger partial charge in [-0.25, -0.2) is 0 Å². The van der Waals surface area contributed by atoms with Gasteiger partial charge in [0.15, 0.2) is 5.11 Å². The van der Waals surface area contributed by atoms with E-state index in [4.69, 9.17) is 33.8 Å². The lowest BCUT2D eigenvalue weighted by atomic mass is 9.79. The second-order valence-electron chi connectivity index (χ2n) is 10.8. The zero-order valence-electron chi connectivity index (χ0n) is 21.8. The van der Waals surface area contributed by atoms with Gasteiger partial charge in [0.05, 0.1) is 0 Å². The Hall–Kier alpha value is -2.90. The van der Waals surface area contributed by atoms with Crippen LogP contribution >= 0.6 is 23.8 Å². The van der Waals surface area contributed by atoms with Crippen molar-refractivity contribution in [2.75, 3.05) is 41.3 Å². The fraction of sp³-hybridized carbons (Fsp3) is 0.433. The van der Waals surface area contributed by atoms with Gasteiger partial charge < -0.3 is 20.4 Å². The van der Waals surface area contributed by atoms with Crippen molar-refractivity contribution in [3.05, 3.63) is 76.3 Å². The molecule has 2 aromatic carbocycles. The largest absolute Gasteiger partial charge is 0.361 e. The molecule has 3 aliphatic rings. The van der Waals surface area contributed by atoms with Crippen LogP contribution in [0.5, 0.6) is 0 Å².